The van der Waals surface area contributed by atoms with E-state index in [4.69, 9.17) is 10.5 Å². The van der Waals surface area contributed by atoms with Gasteiger partial charge in [0.1, 0.15) is 11.4 Å². The van der Waals surface area contributed by atoms with Crippen LogP contribution in [0.5, 0.6) is 0 Å². The first-order valence-corrected chi connectivity index (χ1v) is 11.8. The number of carbonyl (C=O) groups is 1. The standard InChI is InChI=1S/C27H26FN7O2/c1-2-23(36)33-20-9-10-31-22(13-20)24-21(28)8-3-17-14-32-26(35-25(17)24)34-19-6-4-18(5-7-19)27(15-29)16-30-11-12-37-27/h2-10,13-14,30H,1,11-12,15-16,29H2,(H,31,33,36)(H,32,34,35). The van der Waals surface area contributed by atoms with Gasteiger partial charge in [-0.1, -0.05) is 18.7 Å². The first-order chi connectivity index (χ1) is 18.0. The summed E-state index contributed by atoms with van der Waals surface area (Å²) in [6.45, 7) is 5.85. The maximum atomic E-state index is 15.1. The molecule has 0 bridgehead atoms. The van der Waals surface area contributed by atoms with Gasteiger partial charge in [-0.2, -0.15) is 0 Å². The molecule has 188 valence electrons. The minimum Gasteiger partial charge on any atom is -0.366 e. The Morgan fingerprint density at radius 2 is 2.03 bits per heavy atom. The van der Waals surface area contributed by atoms with E-state index in [-0.39, 0.29) is 11.5 Å². The van der Waals surface area contributed by atoms with Crippen molar-refractivity contribution in [3.63, 3.8) is 0 Å². The molecule has 9 nitrogen and oxygen atoms in total. The average Bonchev–Trinajstić information content (AvgIpc) is 2.93. The van der Waals surface area contributed by atoms with Crippen LogP contribution in [0.25, 0.3) is 22.2 Å². The number of nitrogens with zero attached hydrogens (tertiary/aromatic N) is 3. The second-order valence-electron chi connectivity index (χ2n) is 8.60. The molecule has 1 fully saturated rings. The molecule has 1 amide bonds. The van der Waals surface area contributed by atoms with Crippen molar-refractivity contribution in [2.24, 2.45) is 5.73 Å². The van der Waals surface area contributed by atoms with Crippen LogP contribution in [0.15, 0.2) is 73.6 Å². The quantitative estimate of drug-likeness (QED) is 0.285. The van der Waals surface area contributed by atoms with E-state index in [9.17, 15) is 4.79 Å². The largest absolute Gasteiger partial charge is 0.366 e. The summed E-state index contributed by atoms with van der Waals surface area (Å²) in [5, 5.41) is 9.82. The summed E-state index contributed by atoms with van der Waals surface area (Å²) < 4.78 is 21.1. The number of fused-ring (bicyclic) bond motifs is 1. The van der Waals surface area contributed by atoms with Crippen molar-refractivity contribution < 1.29 is 13.9 Å². The molecule has 1 aliphatic rings. The Labute approximate surface area is 213 Å². The first-order valence-electron chi connectivity index (χ1n) is 11.8. The molecule has 4 aromatic rings. The second-order valence-corrected chi connectivity index (χ2v) is 8.60. The Morgan fingerprint density at radius 3 is 2.76 bits per heavy atom. The summed E-state index contributed by atoms with van der Waals surface area (Å²) >= 11 is 0. The van der Waals surface area contributed by atoms with Crippen LogP contribution in [0, 0.1) is 5.82 Å². The number of anilines is 3. The van der Waals surface area contributed by atoms with E-state index in [0.717, 1.165) is 23.9 Å². The molecular weight excluding hydrogens is 473 g/mol. The third kappa shape index (κ3) is 5.03. The number of nitrogens with one attached hydrogen (secondary N) is 3. The molecule has 2 aromatic heterocycles. The highest BCUT2D eigenvalue weighted by atomic mass is 19.1. The molecule has 1 aliphatic heterocycles. The summed E-state index contributed by atoms with van der Waals surface area (Å²) in [5.41, 5.74) is 8.59. The SMILES string of the molecule is C=CC(=O)Nc1ccnc(-c2c(F)ccc3cnc(Nc4ccc(C5(CN)CNCCO5)cc4)nc23)c1. The van der Waals surface area contributed by atoms with Crippen molar-refractivity contribution in [2.45, 2.75) is 5.60 Å². The normalized spacial score (nSPS) is 17.4. The van der Waals surface area contributed by atoms with Gasteiger partial charge in [0.15, 0.2) is 0 Å². The zero-order chi connectivity index (χ0) is 25.8. The molecule has 2 aromatic carbocycles. The Bertz CT molecular complexity index is 1450. The maximum absolute atomic E-state index is 15.1. The van der Waals surface area contributed by atoms with Gasteiger partial charge in [0.2, 0.25) is 11.9 Å². The molecule has 10 heteroatoms. The van der Waals surface area contributed by atoms with Crippen LogP contribution in [0.2, 0.25) is 0 Å². The molecular formula is C27H26FN7O2. The Hall–Kier alpha value is -4.25. The third-order valence-electron chi connectivity index (χ3n) is 6.24. The molecule has 5 N–H and O–H groups in total. The Morgan fingerprint density at radius 1 is 1.19 bits per heavy atom. The predicted molar refractivity (Wildman–Crippen MR) is 141 cm³/mol. The van der Waals surface area contributed by atoms with Crippen LogP contribution < -0.4 is 21.7 Å². The van der Waals surface area contributed by atoms with Crippen LogP contribution in [0.1, 0.15) is 5.56 Å². The van der Waals surface area contributed by atoms with E-state index >= 15 is 4.39 Å². The Balaban J connectivity index is 1.46. The minimum atomic E-state index is -0.560. The number of nitrogens with two attached hydrogens (primary N) is 1. The van der Waals surface area contributed by atoms with Crippen LogP contribution in [-0.4, -0.2) is 47.1 Å². The van der Waals surface area contributed by atoms with Crippen molar-refractivity contribution >= 4 is 34.1 Å². The summed E-state index contributed by atoms with van der Waals surface area (Å²) in [4.78, 5) is 25.0. The number of carbonyl (C=O) groups excluding carboxylic acids is 1. The van der Waals surface area contributed by atoms with Gasteiger partial charge in [-0.05, 0) is 48.0 Å². The van der Waals surface area contributed by atoms with Crippen molar-refractivity contribution in [2.75, 3.05) is 36.9 Å². The van der Waals surface area contributed by atoms with E-state index < -0.39 is 11.4 Å². The van der Waals surface area contributed by atoms with Gasteiger partial charge in [0, 0.05) is 48.8 Å². The summed E-state index contributed by atoms with van der Waals surface area (Å²) in [6, 6.07) is 13.9. The molecule has 1 saturated heterocycles. The van der Waals surface area contributed by atoms with Gasteiger partial charge in [-0.3, -0.25) is 9.78 Å². The molecule has 37 heavy (non-hydrogen) atoms. The van der Waals surface area contributed by atoms with Gasteiger partial charge in [0.05, 0.1) is 23.4 Å². The molecule has 5 rings (SSSR count). The van der Waals surface area contributed by atoms with Gasteiger partial charge >= 0.3 is 0 Å². The number of pyridine rings is 1. The minimum absolute atomic E-state index is 0.208. The topological polar surface area (TPSA) is 127 Å². The number of benzene rings is 2. The summed E-state index contributed by atoms with van der Waals surface area (Å²) in [6.07, 6.45) is 4.27. The van der Waals surface area contributed by atoms with Crippen molar-refractivity contribution in [1.82, 2.24) is 20.3 Å². The highest BCUT2D eigenvalue weighted by Crippen LogP contribution is 2.32. The van der Waals surface area contributed by atoms with E-state index in [1.54, 1.807) is 24.4 Å². The summed E-state index contributed by atoms with van der Waals surface area (Å²) in [7, 11) is 0. The number of rotatable bonds is 7. The lowest BCUT2D eigenvalue weighted by atomic mass is 9.92. The van der Waals surface area contributed by atoms with Gasteiger partial charge in [0.25, 0.3) is 0 Å². The van der Waals surface area contributed by atoms with Gasteiger partial charge in [-0.15, -0.1) is 0 Å². The molecule has 0 spiro atoms. The highest BCUT2D eigenvalue weighted by molar-refractivity contribution is 6.00. The smallest absolute Gasteiger partial charge is 0.247 e. The number of amides is 1. The highest BCUT2D eigenvalue weighted by Gasteiger charge is 2.33. The van der Waals surface area contributed by atoms with Crippen LogP contribution in [0.4, 0.5) is 21.7 Å². The molecule has 0 saturated carbocycles. The molecule has 1 unspecified atom stereocenters. The predicted octanol–water partition coefficient (Wildman–Crippen LogP) is 3.47. The number of halogens is 1. The number of morpholine rings is 1. The van der Waals surface area contributed by atoms with E-state index in [2.05, 4.69) is 37.5 Å². The van der Waals surface area contributed by atoms with E-state index in [1.165, 1.54) is 12.3 Å². The zero-order valence-electron chi connectivity index (χ0n) is 20.0. The van der Waals surface area contributed by atoms with Crippen molar-refractivity contribution in [1.29, 1.82) is 0 Å². The average molecular weight is 500 g/mol. The van der Waals surface area contributed by atoms with Crippen molar-refractivity contribution in [3.8, 4) is 11.3 Å². The van der Waals surface area contributed by atoms with E-state index in [1.807, 2.05) is 24.3 Å². The number of aromatic nitrogens is 3. The number of ether oxygens (including phenoxy) is 1. The Kier molecular flexibility index (Phi) is 6.87. The zero-order valence-corrected chi connectivity index (χ0v) is 20.0. The van der Waals surface area contributed by atoms with Crippen LogP contribution >= 0.6 is 0 Å². The first kappa shape index (κ1) is 24.4. The maximum Gasteiger partial charge on any atom is 0.247 e. The third-order valence-corrected chi connectivity index (χ3v) is 6.24. The van der Waals surface area contributed by atoms with Crippen LogP contribution in [0.3, 0.4) is 0 Å². The molecule has 1 atom stereocenters. The molecule has 0 radical (unpaired) electrons. The summed E-state index contributed by atoms with van der Waals surface area (Å²) in [5.74, 6) is -0.569. The monoisotopic (exact) mass is 499 g/mol. The second kappa shape index (κ2) is 10.4. The fraction of sp³-hybridized carbons (Fsp3) is 0.185. The fourth-order valence-electron chi connectivity index (χ4n) is 4.30. The van der Waals surface area contributed by atoms with Crippen LogP contribution in [-0.2, 0) is 15.1 Å². The molecule has 3 heterocycles. The molecule has 0 aliphatic carbocycles. The lowest BCUT2D eigenvalue weighted by Gasteiger charge is -2.37. The number of hydrogen-bond donors (Lipinski definition) is 4. The van der Waals surface area contributed by atoms with Crippen molar-refractivity contribution in [3.05, 3.63) is 85.0 Å². The van der Waals surface area contributed by atoms with E-state index in [0.29, 0.717) is 47.9 Å². The number of hydrogen-bond acceptors (Lipinski definition) is 8. The lowest BCUT2D eigenvalue weighted by molar-refractivity contribution is -0.111. The van der Waals surface area contributed by atoms with Gasteiger partial charge in [-0.25, -0.2) is 14.4 Å². The van der Waals surface area contributed by atoms with Gasteiger partial charge < -0.3 is 26.4 Å². The lowest BCUT2D eigenvalue weighted by Crippen LogP contribution is -2.51. The fourth-order valence-corrected chi connectivity index (χ4v) is 4.30.